The van der Waals surface area contributed by atoms with Crippen LogP contribution >= 0.6 is 0 Å². The van der Waals surface area contributed by atoms with Crippen LogP contribution in [0, 0.1) is 5.92 Å². The van der Waals surface area contributed by atoms with Crippen LogP contribution in [0.3, 0.4) is 0 Å². The minimum absolute atomic E-state index is 0.00510. The van der Waals surface area contributed by atoms with E-state index in [-0.39, 0.29) is 17.7 Å². The Morgan fingerprint density at radius 2 is 1.91 bits per heavy atom. The van der Waals surface area contributed by atoms with E-state index in [1.807, 2.05) is 24.1 Å². The van der Waals surface area contributed by atoms with E-state index in [1.165, 1.54) is 17.5 Å². The van der Waals surface area contributed by atoms with Gasteiger partial charge in [0.15, 0.2) is 0 Å². The van der Waals surface area contributed by atoms with Gasteiger partial charge in [-0.1, -0.05) is 6.07 Å². The minimum atomic E-state index is -0.175. The van der Waals surface area contributed by atoms with E-state index in [9.17, 15) is 9.59 Å². The molecule has 5 nitrogen and oxygen atoms in total. The molecule has 124 valence electrons. The highest BCUT2D eigenvalue weighted by Crippen LogP contribution is 2.24. The molecule has 5 heteroatoms. The Kier molecular flexibility index (Phi) is 4.66. The zero-order valence-corrected chi connectivity index (χ0v) is 14.0. The summed E-state index contributed by atoms with van der Waals surface area (Å²) in [4.78, 5) is 28.9. The summed E-state index contributed by atoms with van der Waals surface area (Å²) in [6, 6.07) is 6.08. The largest absolute Gasteiger partial charge is 0.359 e. The van der Waals surface area contributed by atoms with Crippen molar-refractivity contribution in [2.75, 3.05) is 40.3 Å². The van der Waals surface area contributed by atoms with E-state index < -0.39 is 0 Å². The molecule has 3 rings (SSSR count). The van der Waals surface area contributed by atoms with Gasteiger partial charge in [-0.15, -0.1) is 0 Å². The van der Waals surface area contributed by atoms with Crippen molar-refractivity contribution in [3.8, 4) is 0 Å². The van der Waals surface area contributed by atoms with E-state index in [2.05, 4.69) is 16.3 Å². The zero-order valence-electron chi connectivity index (χ0n) is 14.0. The van der Waals surface area contributed by atoms with Gasteiger partial charge < -0.3 is 15.1 Å². The smallest absolute Gasteiger partial charge is 0.253 e. The molecule has 1 fully saturated rings. The van der Waals surface area contributed by atoms with Crippen LogP contribution in [0.5, 0.6) is 0 Å². The first-order valence-corrected chi connectivity index (χ1v) is 8.39. The molecule has 2 amide bonds. The Morgan fingerprint density at radius 1 is 1.13 bits per heavy atom. The number of rotatable bonds is 2. The fourth-order valence-electron chi connectivity index (χ4n) is 3.62. The van der Waals surface area contributed by atoms with Gasteiger partial charge in [-0.2, -0.15) is 0 Å². The second-order valence-electron chi connectivity index (χ2n) is 6.66. The van der Waals surface area contributed by atoms with Crippen molar-refractivity contribution in [2.24, 2.45) is 5.92 Å². The number of hydrogen-bond donors (Lipinski definition) is 1. The summed E-state index contributed by atoms with van der Waals surface area (Å²) in [5.74, 6) is -0.125. The molecule has 0 saturated carbocycles. The molecule has 0 unspecified atom stereocenters. The lowest BCUT2D eigenvalue weighted by molar-refractivity contribution is -0.125. The maximum atomic E-state index is 12.9. The molecule has 1 N–H and O–H groups in total. The summed E-state index contributed by atoms with van der Waals surface area (Å²) in [7, 11) is 3.65. The zero-order chi connectivity index (χ0) is 16.4. The predicted molar refractivity (Wildman–Crippen MR) is 89.4 cm³/mol. The molecule has 1 aliphatic heterocycles. The van der Waals surface area contributed by atoms with Gasteiger partial charge in [-0.3, -0.25) is 9.59 Å². The molecule has 0 bridgehead atoms. The Balaban J connectivity index is 1.78. The molecule has 23 heavy (non-hydrogen) atoms. The quantitative estimate of drug-likeness (QED) is 0.883. The standard InChI is InChI=1S/C18H25N3O2/c1-19-17(22)16-11-20(2)8-9-21(12-16)18(23)15-7-6-13-4-3-5-14(13)10-15/h6-7,10,16H,3-5,8-9,11-12H2,1-2H3,(H,19,22)/t16-/m1/s1. The first-order chi connectivity index (χ1) is 11.1. The molecule has 1 heterocycles. The molecule has 2 aliphatic rings. The van der Waals surface area contributed by atoms with E-state index in [0.29, 0.717) is 19.6 Å². The van der Waals surface area contributed by atoms with Gasteiger partial charge in [0.25, 0.3) is 5.91 Å². The van der Waals surface area contributed by atoms with Crippen molar-refractivity contribution < 1.29 is 9.59 Å². The lowest BCUT2D eigenvalue weighted by atomic mass is 10.0. The molecular formula is C18H25N3O2. The van der Waals surface area contributed by atoms with Gasteiger partial charge in [0.1, 0.15) is 0 Å². The molecule has 1 aromatic carbocycles. The van der Waals surface area contributed by atoms with E-state index in [0.717, 1.165) is 24.9 Å². The van der Waals surface area contributed by atoms with Crippen LogP contribution in [0.1, 0.15) is 27.9 Å². The molecule has 1 aromatic rings. The average molecular weight is 315 g/mol. The third kappa shape index (κ3) is 3.39. The highest BCUT2D eigenvalue weighted by molar-refractivity contribution is 5.95. The number of nitrogens with zero attached hydrogens (tertiary/aromatic N) is 2. The van der Waals surface area contributed by atoms with Crippen molar-refractivity contribution in [1.82, 2.24) is 15.1 Å². The van der Waals surface area contributed by atoms with Gasteiger partial charge in [0.05, 0.1) is 5.92 Å². The number of likely N-dealkylation sites (N-methyl/N-ethyl adjacent to an activating group) is 1. The molecule has 0 spiro atoms. The first-order valence-electron chi connectivity index (χ1n) is 8.39. The van der Waals surface area contributed by atoms with Gasteiger partial charge in [0.2, 0.25) is 5.91 Å². The summed E-state index contributed by atoms with van der Waals surface area (Å²) >= 11 is 0. The average Bonchev–Trinajstić information content (AvgIpc) is 2.94. The van der Waals surface area contributed by atoms with Crippen LogP contribution in [0.25, 0.3) is 0 Å². The predicted octanol–water partition coefficient (Wildman–Crippen LogP) is 0.925. The normalized spacial score (nSPS) is 21.7. The Morgan fingerprint density at radius 3 is 2.70 bits per heavy atom. The maximum Gasteiger partial charge on any atom is 0.253 e. The number of aryl methyl sites for hydroxylation is 2. The summed E-state index contributed by atoms with van der Waals surface area (Å²) in [6.45, 7) is 2.64. The number of fused-ring (bicyclic) bond motifs is 1. The lowest BCUT2D eigenvalue weighted by Crippen LogP contribution is -2.41. The van der Waals surface area contributed by atoms with Crippen LogP contribution < -0.4 is 5.32 Å². The van der Waals surface area contributed by atoms with Crippen LogP contribution in [-0.2, 0) is 17.6 Å². The highest BCUT2D eigenvalue weighted by Gasteiger charge is 2.29. The molecule has 1 aliphatic carbocycles. The second-order valence-corrected chi connectivity index (χ2v) is 6.66. The van der Waals surface area contributed by atoms with Gasteiger partial charge in [-0.05, 0) is 49.6 Å². The monoisotopic (exact) mass is 315 g/mol. The molecule has 1 atom stereocenters. The topological polar surface area (TPSA) is 52.7 Å². The number of carbonyl (C=O) groups is 2. The van der Waals surface area contributed by atoms with Crippen molar-refractivity contribution in [3.05, 3.63) is 34.9 Å². The summed E-state index contributed by atoms with van der Waals surface area (Å²) in [6.07, 6.45) is 3.37. The summed E-state index contributed by atoms with van der Waals surface area (Å²) < 4.78 is 0. The summed E-state index contributed by atoms with van der Waals surface area (Å²) in [5, 5.41) is 2.71. The van der Waals surface area contributed by atoms with Gasteiger partial charge in [0, 0.05) is 38.8 Å². The lowest BCUT2D eigenvalue weighted by Gasteiger charge is -2.23. The molecule has 1 saturated heterocycles. The third-order valence-electron chi connectivity index (χ3n) is 4.97. The van der Waals surface area contributed by atoms with Crippen LogP contribution in [-0.4, -0.2) is 61.9 Å². The van der Waals surface area contributed by atoms with Crippen LogP contribution in [0.4, 0.5) is 0 Å². The number of carbonyl (C=O) groups excluding carboxylic acids is 2. The first kappa shape index (κ1) is 16.0. The third-order valence-corrected chi connectivity index (χ3v) is 4.97. The maximum absolute atomic E-state index is 12.9. The van der Waals surface area contributed by atoms with Crippen LogP contribution in [0.2, 0.25) is 0 Å². The SMILES string of the molecule is CNC(=O)[C@@H]1CN(C)CCN(C(=O)c2ccc3c(c2)CCC3)C1. The van der Waals surface area contributed by atoms with Crippen molar-refractivity contribution in [3.63, 3.8) is 0 Å². The molecular weight excluding hydrogens is 290 g/mol. The van der Waals surface area contributed by atoms with E-state index >= 15 is 0 Å². The Bertz CT molecular complexity index is 614. The number of amides is 2. The Labute approximate surface area is 137 Å². The molecule has 0 aromatic heterocycles. The van der Waals surface area contributed by atoms with Crippen LogP contribution in [0.15, 0.2) is 18.2 Å². The van der Waals surface area contributed by atoms with Crippen molar-refractivity contribution in [1.29, 1.82) is 0 Å². The van der Waals surface area contributed by atoms with Gasteiger partial charge >= 0.3 is 0 Å². The second kappa shape index (κ2) is 6.71. The number of hydrogen-bond acceptors (Lipinski definition) is 3. The number of nitrogens with one attached hydrogen (secondary N) is 1. The Hall–Kier alpha value is -1.88. The summed E-state index contributed by atoms with van der Waals surface area (Å²) in [5.41, 5.74) is 3.44. The van der Waals surface area contributed by atoms with E-state index in [4.69, 9.17) is 0 Å². The van der Waals surface area contributed by atoms with E-state index in [1.54, 1.807) is 7.05 Å². The fraction of sp³-hybridized carbons (Fsp3) is 0.556. The van der Waals surface area contributed by atoms with Crippen molar-refractivity contribution in [2.45, 2.75) is 19.3 Å². The van der Waals surface area contributed by atoms with Crippen molar-refractivity contribution >= 4 is 11.8 Å². The fourth-order valence-corrected chi connectivity index (χ4v) is 3.62. The molecule has 0 radical (unpaired) electrons. The minimum Gasteiger partial charge on any atom is -0.359 e. The highest BCUT2D eigenvalue weighted by atomic mass is 16.2. The van der Waals surface area contributed by atoms with Gasteiger partial charge in [-0.25, -0.2) is 0 Å². The number of benzene rings is 1.